The van der Waals surface area contributed by atoms with Crippen molar-refractivity contribution in [2.45, 2.75) is 20.0 Å². The van der Waals surface area contributed by atoms with Crippen molar-refractivity contribution in [2.24, 2.45) is 0 Å². The number of benzene rings is 2. The summed E-state index contributed by atoms with van der Waals surface area (Å²) in [5.41, 5.74) is 2.49. The molecule has 124 valence electrons. The maximum absolute atomic E-state index is 12.0. The van der Waals surface area contributed by atoms with Gasteiger partial charge in [-0.3, -0.25) is 4.79 Å². The first-order valence-corrected chi connectivity index (χ1v) is 7.84. The van der Waals surface area contributed by atoms with Gasteiger partial charge in [-0.25, -0.2) is 4.79 Å². The Morgan fingerprint density at radius 2 is 1.79 bits per heavy atom. The van der Waals surface area contributed by atoms with Crippen LogP contribution in [0.5, 0.6) is 0 Å². The fraction of sp³-hybridized carbons (Fsp3) is 0.158. The van der Waals surface area contributed by atoms with Crippen molar-refractivity contribution in [2.75, 3.05) is 5.32 Å². The number of carbonyl (C=O) groups excluding carboxylic acids is 2. The molecule has 24 heavy (non-hydrogen) atoms. The minimum atomic E-state index is -0.934. The molecule has 5 heteroatoms. The van der Waals surface area contributed by atoms with E-state index in [1.807, 2.05) is 31.2 Å². The first-order chi connectivity index (χ1) is 11.5. The Labute approximate surface area is 146 Å². The molecule has 0 saturated heterocycles. The quantitative estimate of drug-likeness (QED) is 0.652. The third-order valence-electron chi connectivity index (χ3n) is 3.28. The zero-order chi connectivity index (χ0) is 17.5. The zero-order valence-corrected chi connectivity index (χ0v) is 14.2. The highest BCUT2D eigenvalue weighted by Crippen LogP contribution is 2.20. The molecule has 1 N–H and O–H groups in total. The topological polar surface area (TPSA) is 55.4 Å². The molecule has 2 rings (SSSR count). The molecule has 1 atom stereocenters. The molecule has 0 heterocycles. The summed E-state index contributed by atoms with van der Waals surface area (Å²) >= 11 is 5.97. The molecular formula is C19H18ClNO3. The van der Waals surface area contributed by atoms with E-state index in [9.17, 15) is 9.59 Å². The van der Waals surface area contributed by atoms with E-state index in [1.165, 1.54) is 13.0 Å². The van der Waals surface area contributed by atoms with Crippen LogP contribution in [-0.4, -0.2) is 18.0 Å². The Balaban J connectivity index is 1.90. The van der Waals surface area contributed by atoms with Gasteiger partial charge in [0.25, 0.3) is 5.91 Å². The highest BCUT2D eigenvalue weighted by molar-refractivity contribution is 6.33. The average molecular weight is 344 g/mol. The van der Waals surface area contributed by atoms with Gasteiger partial charge >= 0.3 is 5.97 Å². The van der Waals surface area contributed by atoms with E-state index >= 15 is 0 Å². The fourth-order valence-corrected chi connectivity index (χ4v) is 2.09. The van der Waals surface area contributed by atoms with Crippen LogP contribution >= 0.6 is 11.6 Å². The average Bonchev–Trinajstić information content (AvgIpc) is 2.56. The van der Waals surface area contributed by atoms with Crippen molar-refractivity contribution in [1.82, 2.24) is 0 Å². The number of nitrogens with one attached hydrogen (secondary N) is 1. The molecular weight excluding hydrogens is 326 g/mol. The third-order valence-corrected chi connectivity index (χ3v) is 3.61. The molecule has 0 aromatic heterocycles. The molecule has 1 amide bonds. The minimum absolute atomic E-state index is 0.420. The van der Waals surface area contributed by atoms with Gasteiger partial charge < -0.3 is 10.1 Å². The zero-order valence-electron chi connectivity index (χ0n) is 13.5. The summed E-state index contributed by atoms with van der Waals surface area (Å²) in [5.74, 6) is -1.03. The molecule has 0 bridgehead atoms. The van der Waals surface area contributed by atoms with E-state index in [2.05, 4.69) is 5.32 Å². The normalized spacial score (nSPS) is 12.0. The van der Waals surface area contributed by atoms with Gasteiger partial charge in [-0.2, -0.15) is 0 Å². The van der Waals surface area contributed by atoms with Crippen molar-refractivity contribution >= 4 is 35.2 Å². The summed E-state index contributed by atoms with van der Waals surface area (Å²) < 4.78 is 5.09. The van der Waals surface area contributed by atoms with Crippen LogP contribution in [0.15, 0.2) is 54.6 Å². The van der Waals surface area contributed by atoms with Crippen molar-refractivity contribution in [3.05, 3.63) is 70.8 Å². The van der Waals surface area contributed by atoms with Crippen LogP contribution in [0.3, 0.4) is 0 Å². The van der Waals surface area contributed by atoms with Gasteiger partial charge in [-0.1, -0.05) is 53.6 Å². The molecule has 0 aliphatic carbocycles. The lowest BCUT2D eigenvalue weighted by molar-refractivity contribution is -0.148. The summed E-state index contributed by atoms with van der Waals surface area (Å²) in [6, 6.07) is 14.5. The van der Waals surface area contributed by atoms with Crippen LogP contribution < -0.4 is 5.32 Å². The molecule has 2 aromatic carbocycles. The van der Waals surface area contributed by atoms with Crippen molar-refractivity contribution in [1.29, 1.82) is 0 Å². The summed E-state index contributed by atoms with van der Waals surface area (Å²) in [5, 5.41) is 3.04. The summed E-state index contributed by atoms with van der Waals surface area (Å²) in [7, 11) is 0. The first-order valence-electron chi connectivity index (χ1n) is 7.46. The minimum Gasteiger partial charge on any atom is -0.449 e. The number of rotatable bonds is 5. The predicted molar refractivity (Wildman–Crippen MR) is 95.8 cm³/mol. The maximum atomic E-state index is 12.0. The number of anilines is 1. The fourth-order valence-electron chi connectivity index (χ4n) is 1.91. The second kappa shape index (κ2) is 8.31. The van der Waals surface area contributed by atoms with Crippen LogP contribution in [0.1, 0.15) is 18.1 Å². The molecule has 0 fully saturated rings. The number of carbonyl (C=O) groups is 2. The van der Waals surface area contributed by atoms with Gasteiger partial charge in [0, 0.05) is 6.08 Å². The highest BCUT2D eigenvalue weighted by atomic mass is 35.5. The van der Waals surface area contributed by atoms with Gasteiger partial charge in [-0.05, 0) is 37.6 Å². The van der Waals surface area contributed by atoms with Crippen LogP contribution in [0.4, 0.5) is 5.69 Å². The van der Waals surface area contributed by atoms with Gasteiger partial charge in [0.05, 0.1) is 10.7 Å². The predicted octanol–water partition coefficient (Wildman–Crippen LogP) is 4.23. The Hall–Kier alpha value is -2.59. The van der Waals surface area contributed by atoms with Crippen LogP contribution in [-0.2, 0) is 14.3 Å². The van der Waals surface area contributed by atoms with Crippen LogP contribution in [0, 0.1) is 6.92 Å². The summed E-state index contributed by atoms with van der Waals surface area (Å²) in [6.45, 7) is 3.49. The maximum Gasteiger partial charge on any atom is 0.331 e. The molecule has 4 nitrogen and oxygen atoms in total. The molecule has 0 saturated carbocycles. The Kier molecular flexibility index (Phi) is 6.15. The number of esters is 1. The van der Waals surface area contributed by atoms with Gasteiger partial charge in [0.15, 0.2) is 6.10 Å². The lowest BCUT2D eigenvalue weighted by atomic mass is 10.1. The van der Waals surface area contributed by atoms with Crippen molar-refractivity contribution in [3.63, 3.8) is 0 Å². The van der Waals surface area contributed by atoms with Gasteiger partial charge in [0.1, 0.15) is 0 Å². The number of para-hydroxylation sites is 1. The van der Waals surface area contributed by atoms with E-state index in [-0.39, 0.29) is 0 Å². The monoisotopic (exact) mass is 343 g/mol. The van der Waals surface area contributed by atoms with E-state index in [0.29, 0.717) is 10.7 Å². The van der Waals surface area contributed by atoms with Crippen molar-refractivity contribution < 1.29 is 14.3 Å². The second-order valence-electron chi connectivity index (χ2n) is 5.29. The lowest BCUT2D eigenvalue weighted by Crippen LogP contribution is -2.29. The Morgan fingerprint density at radius 1 is 1.12 bits per heavy atom. The number of amides is 1. The summed E-state index contributed by atoms with van der Waals surface area (Å²) in [4.78, 5) is 23.8. The number of hydrogen-bond acceptors (Lipinski definition) is 3. The Bertz CT molecular complexity index is 753. The molecule has 0 radical (unpaired) electrons. The first kappa shape index (κ1) is 17.8. The molecule has 0 aliphatic rings. The van der Waals surface area contributed by atoms with Crippen LogP contribution in [0.25, 0.3) is 6.08 Å². The molecule has 0 aliphatic heterocycles. The molecule has 0 spiro atoms. The number of halogens is 1. The highest BCUT2D eigenvalue weighted by Gasteiger charge is 2.17. The number of ether oxygens (including phenoxy) is 1. The molecule has 1 unspecified atom stereocenters. The van der Waals surface area contributed by atoms with E-state index in [4.69, 9.17) is 16.3 Å². The second-order valence-corrected chi connectivity index (χ2v) is 5.70. The SMILES string of the molecule is Cc1ccc(/C=C/C(=O)OC(C)C(=O)Nc2ccccc2Cl)cc1. The third kappa shape index (κ3) is 5.25. The Morgan fingerprint density at radius 3 is 2.46 bits per heavy atom. The lowest BCUT2D eigenvalue weighted by Gasteiger charge is -2.13. The molecule has 2 aromatic rings. The van der Waals surface area contributed by atoms with E-state index in [1.54, 1.807) is 30.3 Å². The van der Waals surface area contributed by atoms with Gasteiger partial charge in [0.2, 0.25) is 0 Å². The van der Waals surface area contributed by atoms with E-state index in [0.717, 1.165) is 11.1 Å². The largest absolute Gasteiger partial charge is 0.449 e. The summed E-state index contributed by atoms with van der Waals surface area (Å²) in [6.07, 6.45) is 2.00. The number of aryl methyl sites for hydroxylation is 1. The van der Waals surface area contributed by atoms with Crippen LogP contribution in [0.2, 0.25) is 5.02 Å². The van der Waals surface area contributed by atoms with Gasteiger partial charge in [-0.15, -0.1) is 0 Å². The standard InChI is InChI=1S/C19H18ClNO3/c1-13-7-9-15(10-8-13)11-12-18(22)24-14(2)19(23)21-17-6-4-3-5-16(17)20/h3-12,14H,1-2H3,(H,21,23)/b12-11+. The van der Waals surface area contributed by atoms with E-state index < -0.39 is 18.0 Å². The smallest absolute Gasteiger partial charge is 0.331 e. The van der Waals surface area contributed by atoms with Crippen molar-refractivity contribution in [3.8, 4) is 0 Å². The number of hydrogen-bond donors (Lipinski definition) is 1.